The lowest BCUT2D eigenvalue weighted by molar-refractivity contribution is 0.299. The Bertz CT molecular complexity index is 382. The van der Waals surface area contributed by atoms with Crippen LogP contribution in [0.1, 0.15) is 32.8 Å². The molecule has 0 fully saturated rings. The first-order valence-corrected chi connectivity index (χ1v) is 6.96. The first-order chi connectivity index (χ1) is 9.10. The minimum Gasteiger partial charge on any atom is -0.395 e. The largest absolute Gasteiger partial charge is 0.395 e. The second-order valence-corrected chi connectivity index (χ2v) is 4.96. The van der Waals surface area contributed by atoms with E-state index in [0.717, 1.165) is 24.2 Å². The van der Waals surface area contributed by atoms with Gasteiger partial charge in [-0.15, -0.1) is 0 Å². The summed E-state index contributed by atoms with van der Waals surface area (Å²) in [4.78, 5) is 2.10. The van der Waals surface area contributed by atoms with Crippen molar-refractivity contribution in [2.45, 2.75) is 39.8 Å². The van der Waals surface area contributed by atoms with Crippen molar-refractivity contribution in [3.05, 3.63) is 29.6 Å². The summed E-state index contributed by atoms with van der Waals surface area (Å²) in [7, 11) is 0. The summed E-state index contributed by atoms with van der Waals surface area (Å²) in [5.74, 6) is -0.218. The molecule has 2 N–H and O–H groups in total. The van der Waals surface area contributed by atoms with Gasteiger partial charge in [-0.3, -0.25) is 0 Å². The van der Waals surface area contributed by atoms with Crippen molar-refractivity contribution >= 4 is 5.69 Å². The predicted octanol–water partition coefficient (Wildman–Crippen LogP) is 2.53. The zero-order chi connectivity index (χ0) is 14.3. The monoisotopic (exact) mass is 268 g/mol. The highest BCUT2D eigenvalue weighted by Gasteiger charge is 2.14. The Morgan fingerprint density at radius 3 is 2.68 bits per heavy atom. The smallest absolute Gasteiger partial charge is 0.123 e. The van der Waals surface area contributed by atoms with E-state index in [1.165, 1.54) is 6.07 Å². The van der Waals surface area contributed by atoms with Crippen LogP contribution in [0.4, 0.5) is 10.1 Å². The molecule has 3 nitrogen and oxygen atoms in total. The van der Waals surface area contributed by atoms with Crippen molar-refractivity contribution in [3.8, 4) is 0 Å². The van der Waals surface area contributed by atoms with E-state index in [-0.39, 0.29) is 18.5 Å². The molecule has 1 aromatic carbocycles. The molecule has 4 heteroatoms. The van der Waals surface area contributed by atoms with E-state index in [4.69, 9.17) is 0 Å². The molecule has 0 unspecified atom stereocenters. The van der Waals surface area contributed by atoms with Gasteiger partial charge in [-0.2, -0.15) is 0 Å². The van der Waals surface area contributed by atoms with Crippen LogP contribution in [-0.4, -0.2) is 30.8 Å². The van der Waals surface area contributed by atoms with Crippen molar-refractivity contribution in [2.75, 3.05) is 24.6 Å². The van der Waals surface area contributed by atoms with Crippen molar-refractivity contribution in [3.63, 3.8) is 0 Å². The molecular formula is C15H25FN2O. The van der Waals surface area contributed by atoms with E-state index in [9.17, 15) is 9.50 Å². The third-order valence-electron chi connectivity index (χ3n) is 3.06. The quantitative estimate of drug-likeness (QED) is 0.711. The fourth-order valence-corrected chi connectivity index (χ4v) is 2.14. The Labute approximate surface area is 115 Å². The number of nitrogens with zero attached hydrogens (tertiary/aromatic N) is 1. The summed E-state index contributed by atoms with van der Waals surface area (Å²) >= 11 is 0. The molecule has 0 spiro atoms. The molecule has 0 atom stereocenters. The molecule has 0 heterocycles. The van der Waals surface area contributed by atoms with Gasteiger partial charge in [0.1, 0.15) is 5.82 Å². The van der Waals surface area contributed by atoms with E-state index >= 15 is 0 Å². The number of hydrogen-bond acceptors (Lipinski definition) is 3. The van der Waals surface area contributed by atoms with Gasteiger partial charge >= 0.3 is 0 Å². The van der Waals surface area contributed by atoms with E-state index in [1.54, 1.807) is 12.1 Å². The highest BCUT2D eigenvalue weighted by atomic mass is 19.1. The number of benzene rings is 1. The molecule has 0 saturated heterocycles. The molecule has 0 aromatic heterocycles. The molecule has 0 saturated carbocycles. The molecule has 0 aliphatic carbocycles. The molecule has 0 radical (unpaired) electrons. The Morgan fingerprint density at radius 1 is 1.37 bits per heavy atom. The van der Waals surface area contributed by atoms with Gasteiger partial charge in [0.15, 0.2) is 0 Å². The van der Waals surface area contributed by atoms with E-state index in [2.05, 4.69) is 31.0 Å². The van der Waals surface area contributed by atoms with Crippen LogP contribution in [0.15, 0.2) is 18.2 Å². The SMILES string of the molecule is CCCNCc1cc(F)ccc1N(CCO)C(C)C. The Balaban J connectivity index is 2.95. The fraction of sp³-hybridized carbons (Fsp3) is 0.600. The summed E-state index contributed by atoms with van der Waals surface area (Å²) in [5, 5.41) is 12.5. The number of hydrogen-bond donors (Lipinski definition) is 2. The summed E-state index contributed by atoms with van der Waals surface area (Å²) in [5.41, 5.74) is 1.93. The van der Waals surface area contributed by atoms with E-state index in [1.807, 2.05) is 0 Å². The molecule has 108 valence electrons. The van der Waals surface area contributed by atoms with Crippen LogP contribution >= 0.6 is 0 Å². The summed E-state index contributed by atoms with van der Waals surface area (Å²) < 4.78 is 13.4. The lowest BCUT2D eigenvalue weighted by atomic mass is 10.1. The standard InChI is InChI=1S/C15H25FN2O/c1-4-7-17-11-13-10-14(16)5-6-15(13)18(8-9-19)12(2)3/h5-6,10,12,17,19H,4,7-9,11H2,1-3H3. The highest BCUT2D eigenvalue weighted by Crippen LogP contribution is 2.23. The number of nitrogens with one attached hydrogen (secondary N) is 1. The number of aliphatic hydroxyl groups excluding tert-OH is 1. The molecular weight excluding hydrogens is 243 g/mol. The van der Waals surface area contributed by atoms with Gasteiger partial charge in [0.05, 0.1) is 6.61 Å². The van der Waals surface area contributed by atoms with Gasteiger partial charge < -0.3 is 15.3 Å². The fourth-order valence-electron chi connectivity index (χ4n) is 2.14. The minimum atomic E-state index is -0.218. The van der Waals surface area contributed by atoms with Crippen molar-refractivity contribution < 1.29 is 9.50 Å². The highest BCUT2D eigenvalue weighted by molar-refractivity contribution is 5.54. The van der Waals surface area contributed by atoms with E-state index < -0.39 is 0 Å². The van der Waals surface area contributed by atoms with E-state index in [0.29, 0.717) is 13.1 Å². The number of anilines is 1. The summed E-state index contributed by atoms with van der Waals surface area (Å²) in [6, 6.07) is 5.12. The first kappa shape index (κ1) is 15.9. The minimum absolute atomic E-state index is 0.0946. The summed E-state index contributed by atoms with van der Waals surface area (Å²) in [6.07, 6.45) is 1.05. The average Bonchev–Trinajstić information content (AvgIpc) is 2.37. The first-order valence-electron chi connectivity index (χ1n) is 6.96. The number of aliphatic hydroxyl groups is 1. The lowest BCUT2D eigenvalue weighted by Crippen LogP contribution is -2.34. The molecule has 1 aromatic rings. The molecule has 0 aliphatic heterocycles. The number of rotatable bonds is 8. The second kappa shape index (κ2) is 8.12. The third-order valence-corrected chi connectivity index (χ3v) is 3.06. The zero-order valence-corrected chi connectivity index (χ0v) is 12.1. The molecule has 0 amide bonds. The Kier molecular flexibility index (Phi) is 6.81. The maximum absolute atomic E-state index is 13.4. The lowest BCUT2D eigenvalue weighted by Gasteiger charge is -2.30. The van der Waals surface area contributed by atoms with Crippen molar-refractivity contribution in [2.24, 2.45) is 0 Å². The Hall–Kier alpha value is -1.13. The average molecular weight is 268 g/mol. The van der Waals surface area contributed by atoms with Gasteiger partial charge in [0.25, 0.3) is 0 Å². The molecule has 1 rings (SSSR count). The zero-order valence-electron chi connectivity index (χ0n) is 12.1. The van der Waals surface area contributed by atoms with Crippen LogP contribution in [0.5, 0.6) is 0 Å². The number of halogens is 1. The van der Waals surface area contributed by atoms with Crippen LogP contribution in [0.2, 0.25) is 0 Å². The van der Waals surface area contributed by atoms with Crippen molar-refractivity contribution in [1.82, 2.24) is 5.32 Å². The van der Waals surface area contributed by atoms with Crippen LogP contribution in [-0.2, 0) is 6.54 Å². The van der Waals surface area contributed by atoms with Crippen LogP contribution in [0.25, 0.3) is 0 Å². The second-order valence-electron chi connectivity index (χ2n) is 4.96. The van der Waals surface area contributed by atoms with Crippen LogP contribution in [0, 0.1) is 5.82 Å². The topological polar surface area (TPSA) is 35.5 Å². The Morgan fingerprint density at radius 2 is 2.11 bits per heavy atom. The van der Waals surface area contributed by atoms with Gasteiger partial charge in [-0.1, -0.05) is 6.92 Å². The van der Waals surface area contributed by atoms with Gasteiger partial charge in [0.2, 0.25) is 0 Å². The molecule has 19 heavy (non-hydrogen) atoms. The van der Waals surface area contributed by atoms with Crippen LogP contribution in [0.3, 0.4) is 0 Å². The van der Waals surface area contributed by atoms with Gasteiger partial charge in [-0.25, -0.2) is 4.39 Å². The maximum atomic E-state index is 13.4. The van der Waals surface area contributed by atoms with Crippen molar-refractivity contribution in [1.29, 1.82) is 0 Å². The molecule has 0 aliphatic rings. The maximum Gasteiger partial charge on any atom is 0.123 e. The predicted molar refractivity (Wildman–Crippen MR) is 78.0 cm³/mol. The van der Waals surface area contributed by atoms with Crippen LogP contribution < -0.4 is 10.2 Å². The van der Waals surface area contributed by atoms with Gasteiger partial charge in [0, 0.05) is 24.8 Å². The molecule has 0 bridgehead atoms. The third kappa shape index (κ3) is 4.80. The summed E-state index contributed by atoms with van der Waals surface area (Å²) in [6.45, 7) is 8.46. The normalized spacial score (nSPS) is 11.1. The van der Waals surface area contributed by atoms with Gasteiger partial charge in [-0.05, 0) is 50.6 Å².